The second kappa shape index (κ2) is 7.25. The third-order valence-corrected chi connectivity index (χ3v) is 4.21. The van der Waals surface area contributed by atoms with E-state index in [9.17, 15) is 4.79 Å². The number of nitrogens with two attached hydrogens (primary N) is 2. The number of benzene rings is 1. The van der Waals surface area contributed by atoms with Crippen LogP contribution in [0.3, 0.4) is 0 Å². The maximum absolute atomic E-state index is 12.4. The molecule has 132 valence electrons. The number of nitrogens with one attached hydrogen (secondary N) is 1. The van der Waals surface area contributed by atoms with Crippen molar-refractivity contribution < 1.29 is 0 Å². The summed E-state index contributed by atoms with van der Waals surface area (Å²) in [5.41, 5.74) is 16.9. The van der Waals surface area contributed by atoms with Crippen molar-refractivity contribution in [2.45, 2.75) is 27.2 Å². The van der Waals surface area contributed by atoms with Crippen molar-refractivity contribution in [1.29, 1.82) is 0 Å². The van der Waals surface area contributed by atoms with Gasteiger partial charge in [-0.1, -0.05) is 19.6 Å². The first-order chi connectivity index (χ1) is 11.7. The Morgan fingerprint density at radius 3 is 2.60 bits per heavy atom. The first-order valence-electron chi connectivity index (χ1n) is 8.10. The van der Waals surface area contributed by atoms with Crippen molar-refractivity contribution in [3.8, 4) is 0 Å². The minimum atomic E-state index is -0.235. The number of hydrogen-bond acceptors (Lipinski definition) is 5. The lowest BCUT2D eigenvalue weighted by molar-refractivity contribution is 0.840. The van der Waals surface area contributed by atoms with Gasteiger partial charge in [-0.3, -0.25) is 4.79 Å². The molecule has 0 spiro atoms. The molecule has 0 amide bonds. The van der Waals surface area contributed by atoms with E-state index in [-0.39, 0.29) is 11.4 Å². The van der Waals surface area contributed by atoms with Gasteiger partial charge in [-0.2, -0.15) is 0 Å². The molecule has 6 nitrogen and oxygen atoms in total. The Kier molecular flexibility index (Phi) is 5.32. The van der Waals surface area contributed by atoms with Crippen LogP contribution in [0.1, 0.15) is 32.0 Å². The lowest BCUT2D eigenvalue weighted by Crippen LogP contribution is -2.22. The largest absolute Gasteiger partial charge is 0.402 e. The van der Waals surface area contributed by atoms with Crippen LogP contribution < -0.4 is 22.3 Å². The first-order valence-corrected chi connectivity index (χ1v) is 8.10. The van der Waals surface area contributed by atoms with E-state index < -0.39 is 0 Å². The summed E-state index contributed by atoms with van der Waals surface area (Å²) in [5.74, 6) is 0.215. The van der Waals surface area contributed by atoms with Gasteiger partial charge < -0.3 is 21.4 Å². The standard InChI is InChI=1S/C19H25N5O/c1-6-14-7-8-15(9-16(14)21)22-18-19(25)24(5)10-17(23-18)12(3)11(2)13(4)20/h7-10H,3,6,20-21H2,1-2,4-5H3,(H,22,23)/b13-11+. The van der Waals surface area contributed by atoms with E-state index in [1.165, 1.54) is 4.57 Å². The number of aromatic nitrogens is 2. The van der Waals surface area contributed by atoms with Gasteiger partial charge in [0.2, 0.25) is 0 Å². The second-order valence-corrected chi connectivity index (χ2v) is 6.07. The second-order valence-electron chi connectivity index (χ2n) is 6.07. The van der Waals surface area contributed by atoms with Gasteiger partial charge in [-0.05, 0) is 49.1 Å². The third kappa shape index (κ3) is 3.91. The van der Waals surface area contributed by atoms with Crippen molar-refractivity contribution in [3.63, 3.8) is 0 Å². The highest BCUT2D eigenvalue weighted by Gasteiger charge is 2.12. The summed E-state index contributed by atoms with van der Waals surface area (Å²) in [6, 6.07) is 5.62. The van der Waals surface area contributed by atoms with Crippen molar-refractivity contribution in [3.05, 3.63) is 63.9 Å². The molecule has 0 saturated carbocycles. The predicted molar refractivity (Wildman–Crippen MR) is 105 cm³/mol. The highest BCUT2D eigenvalue weighted by molar-refractivity contribution is 5.75. The Bertz CT molecular complexity index is 905. The quantitative estimate of drug-likeness (QED) is 0.574. The molecule has 0 saturated heterocycles. The maximum Gasteiger partial charge on any atom is 0.293 e. The molecule has 5 N–H and O–H groups in total. The number of nitrogen functional groups attached to an aromatic ring is 1. The van der Waals surface area contributed by atoms with E-state index in [0.717, 1.165) is 17.6 Å². The predicted octanol–water partition coefficient (Wildman–Crippen LogP) is 2.93. The van der Waals surface area contributed by atoms with E-state index in [1.54, 1.807) is 26.2 Å². The summed E-state index contributed by atoms with van der Waals surface area (Å²) in [6.45, 7) is 9.76. The molecule has 0 unspecified atom stereocenters. The van der Waals surface area contributed by atoms with E-state index in [2.05, 4.69) is 16.9 Å². The molecule has 2 aromatic rings. The Morgan fingerprint density at radius 2 is 2.04 bits per heavy atom. The average Bonchev–Trinajstić information content (AvgIpc) is 2.57. The fourth-order valence-electron chi connectivity index (χ4n) is 2.39. The molecule has 1 heterocycles. The van der Waals surface area contributed by atoms with Gasteiger partial charge in [-0.25, -0.2) is 4.98 Å². The highest BCUT2D eigenvalue weighted by Crippen LogP contribution is 2.23. The molecule has 0 aliphatic heterocycles. The number of hydrogen-bond donors (Lipinski definition) is 3. The highest BCUT2D eigenvalue weighted by atomic mass is 16.1. The smallest absolute Gasteiger partial charge is 0.293 e. The van der Waals surface area contributed by atoms with Gasteiger partial charge >= 0.3 is 0 Å². The summed E-state index contributed by atoms with van der Waals surface area (Å²) >= 11 is 0. The van der Waals surface area contributed by atoms with E-state index in [0.29, 0.717) is 28.3 Å². The summed E-state index contributed by atoms with van der Waals surface area (Å²) in [4.78, 5) is 16.8. The molecule has 0 fully saturated rings. The monoisotopic (exact) mass is 339 g/mol. The fourth-order valence-corrected chi connectivity index (χ4v) is 2.39. The normalized spacial score (nSPS) is 11.8. The van der Waals surface area contributed by atoms with Gasteiger partial charge in [-0.15, -0.1) is 0 Å². The van der Waals surface area contributed by atoms with Crippen LogP contribution >= 0.6 is 0 Å². The molecule has 0 atom stereocenters. The molecule has 0 radical (unpaired) electrons. The van der Waals surface area contributed by atoms with Crippen LogP contribution in [-0.2, 0) is 13.5 Å². The van der Waals surface area contributed by atoms with Gasteiger partial charge in [0.15, 0.2) is 5.82 Å². The molecule has 2 rings (SSSR count). The first kappa shape index (κ1) is 18.3. The Morgan fingerprint density at radius 1 is 1.36 bits per heavy atom. The van der Waals surface area contributed by atoms with Crippen molar-refractivity contribution in [2.24, 2.45) is 12.8 Å². The zero-order chi connectivity index (χ0) is 18.7. The summed E-state index contributed by atoms with van der Waals surface area (Å²) in [5, 5.41) is 3.06. The Hall–Kier alpha value is -3.02. The van der Waals surface area contributed by atoms with Crippen LogP contribution in [0.4, 0.5) is 17.2 Å². The molecular formula is C19H25N5O. The van der Waals surface area contributed by atoms with Gasteiger partial charge in [0.25, 0.3) is 5.56 Å². The maximum atomic E-state index is 12.4. The van der Waals surface area contributed by atoms with Crippen molar-refractivity contribution in [2.75, 3.05) is 11.1 Å². The Labute approximate surface area is 147 Å². The number of aryl methyl sites for hydroxylation is 2. The lowest BCUT2D eigenvalue weighted by Gasteiger charge is -2.13. The van der Waals surface area contributed by atoms with Crippen LogP contribution in [-0.4, -0.2) is 9.55 Å². The summed E-state index contributed by atoms with van der Waals surface area (Å²) in [6.07, 6.45) is 2.50. The van der Waals surface area contributed by atoms with Gasteiger partial charge in [0.1, 0.15) is 0 Å². The Balaban J connectivity index is 2.45. The molecule has 0 aliphatic carbocycles. The van der Waals surface area contributed by atoms with Gasteiger partial charge in [0, 0.05) is 30.3 Å². The van der Waals surface area contributed by atoms with E-state index in [1.807, 2.05) is 26.0 Å². The van der Waals surface area contributed by atoms with Crippen LogP contribution in [0.15, 0.2) is 47.0 Å². The third-order valence-electron chi connectivity index (χ3n) is 4.21. The van der Waals surface area contributed by atoms with Crippen molar-refractivity contribution in [1.82, 2.24) is 9.55 Å². The molecule has 1 aromatic heterocycles. The SMILES string of the molecule is C=C(/C(C)=C(\C)N)c1cn(C)c(=O)c(Nc2ccc(CC)c(N)c2)n1. The van der Waals surface area contributed by atoms with Crippen LogP contribution in [0.5, 0.6) is 0 Å². The fraction of sp³-hybridized carbons (Fsp3) is 0.263. The zero-order valence-electron chi connectivity index (χ0n) is 15.2. The van der Waals surface area contributed by atoms with Crippen LogP contribution in [0.25, 0.3) is 5.57 Å². The molecule has 1 aromatic carbocycles. The number of allylic oxidation sites excluding steroid dienone is 3. The number of nitrogens with zero attached hydrogens (tertiary/aromatic N) is 2. The molecular weight excluding hydrogens is 314 g/mol. The average molecular weight is 339 g/mol. The molecule has 0 bridgehead atoms. The zero-order valence-corrected chi connectivity index (χ0v) is 15.2. The van der Waals surface area contributed by atoms with E-state index >= 15 is 0 Å². The minimum Gasteiger partial charge on any atom is -0.402 e. The van der Waals surface area contributed by atoms with Crippen molar-refractivity contribution >= 4 is 22.8 Å². The summed E-state index contributed by atoms with van der Waals surface area (Å²) < 4.78 is 1.47. The topological polar surface area (TPSA) is 99.0 Å². The van der Waals surface area contributed by atoms with Gasteiger partial charge in [0.05, 0.1) is 5.69 Å². The molecule has 6 heteroatoms. The van der Waals surface area contributed by atoms with Crippen LogP contribution in [0.2, 0.25) is 0 Å². The number of rotatable bonds is 5. The number of anilines is 3. The summed E-state index contributed by atoms with van der Waals surface area (Å²) in [7, 11) is 1.68. The molecule has 0 aliphatic rings. The van der Waals surface area contributed by atoms with Crippen LogP contribution in [0, 0.1) is 0 Å². The lowest BCUT2D eigenvalue weighted by atomic mass is 10.1. The van der Waals surface area contributed by atoms with E-state index in [4.69, 9.17) is 11.5 Å². The molecule has 25 heavy (non-hydrogen) atoms. The minimum absolute atomic E-state index is 0.215.